The molecule has 0 aromatic carbocycles. The van der Waals surface area contributed by atoms with E-state index in [2.05, 4.69) is 6.92 Å². The molecule has 1 N–H and O–H groups in total. The van der Waals surface area contributed by atoms with Crippen LogP contribution in [0.25, 0.3) is 0 Å². The van der Waals surface area contributed by atoms with Gasteiger partial charge in [-0.1, -0.05) is 12.8 Å². The number of hydrogen-bond acceptors (Lipinski definition) is 2. The first-order valence-electron chi connectivity index (χ1n) is 4.52. The zero-order valence-corrected chi connectivity index (χ0v) is 7.31. The van der Waals surface area contributed by atoms with Gasteiger partial charge in [-0.3, -0.25) is 0 Å². The Morgan fingerprint density at radius 1 is 1.36 bits per heavy atom. The van der Waals surface area contributed by atoms with E-state index in [4.69, 9.17) is 9.84 Å². The SMILES string of the molecule is CC1(CCCCCO)CCO1. The molecular weight excluding hydrogens is 140 g/mol. The molecule has 0 saturated carbocycles. The van der Waals surface area contributed by atoms with E-state index in [9.17, 15) is 0 Å². The lowest BCUT2D eigenvalue weighted by molar-refractivity contribution is -0.139. The van der Waals surface area contributed by atoms with Crippen molar-refractivity contribution in [3.05, 3.63) is 0 Å². The van der Waals surface area contributed by atoms with Crippen molar-refractivity contribution in [1.82, 2.24) is 0 Å². The number of rotatable bonds is 5. The van der Waals surface area contributed by atoms with Gasteiger partial charge in [0.05, 0.1) is 12.2 Å². The molecule has 0 amide bonds. The van der Waals surface area contributed by atoms with Crippen LogP contribution in [0, 0.1) is 0 Å². The van der Waals surface area contributed by atoms with E-state index in [1.807, 2.05) is 0 Å². The fourth-order valence-electron chi connectivity index (χ4n) is 1.44. The van der Waals surface area contributed by atoms with Gasteiger partial charge in [-0.2, -0.15) is 0 Å². The molecule has 1 atom stereocenters. The van der Waals surface area contributed by atoms with Crippen molar-refractivity contribution in [3.63, 3.8) is 0 Å². The molecule has 0 radical (unpaired) electrons. The average molecular weight is 158 g/mol. The van der Waals surface area contributed by atoms with Crippen LogP contribution in [0.15, 0.2) is 0 Å². The van der Waals surface area contributed by atoms with Crippen molar-refractivity contribution in [2.45, 2.75) is 44.6 Å². The average Bonchev–Trinajstić information content (AvgIpc) is 1.95. The molecule has 1 aliphatic heterocycles. The third-order valence-corrected chi connectivity index (χ3v) is 2.45. The van der Waals surface area contributed by atoms with E-state index in [1.54, 1.807) is 0 Å². The number of ether oxygens (including phenoxy) is 1. The topological polar surface area (TPSA) is 29.5 Å². The molecule has 66 valence electrons. The molecule has 11 heavy (non-hydrogen) atoms. The van der Waals surface area contributed by atoms with E-state index in [-0.39, 0.29) is 5.60 Å². The van der Waals surface area contributed by atoms with Gasteiger partial charge in [0, 0.05) is 6.61 Å². The molecule has 1 aliphatic rings. The molecule has 0 bridgehead atoms. The minimum atomic E-state index is 0.190. The first-order valence-corrected chi connectivity index (χ1v) is 4.52. The molecule has 1 saturated heterocycles. The van der Waals surface area contributed by atoms with E-state index >= 15 is 0 Å². The monoisotopic (exact) mass is 158 g/mol. The third-order valence-electron chi connectivity index (χ3n) is 2.45. The Balaban J connectivity index is 1.94. The largest absolute Gasteiger partial charge is 0.396 e. The standard InChI is InChI=1S/C9H18O2/c1-9(6-8-11-9)5-3-2-4-7-10/h10H,2-8H2,1H3. The molecule has 1 rings (SSSR count). The van der Waals surface area contributed by atoms with Crippen molar-refractivity contribution in [2.24, 2.45) is 0 Å². The molecule has 2 nitrogen and oxygen atoms in total. The summed E-state index contributed by atoms with van der Waals surface area (Å²) >= 11 is 0. The summed E-state index contributed by atoms with van der Waals surface area (Å²) in [4.78, 5) is 0. The lowest BCUT2D eigenvalue weighted by Gasteiger charge is -2.38. The van der Waals surface area contributed by atoms with Crippen LogP contribution in [0.1, 0.15) is 39.0 Å². The molecule has 0 aliphatic carbocycles. The Kier molecular flexibility index (Phi) is 3.34. The smallest absolute Gasteiger partial charge is 0.0676 e. The highest BCUT2D eigenvalue weighted by molar-refractivity contribution is 4.81. The second kappa shape index (κ2) is 4.07. The predicted molar refractivity (Wildman–Crippen MR) is 44.5 cm³/mol. The summed E-state index contributed by atoms with van der Waals surface area (Å²) in [6.45, 7) is 3.45. The van der Waals surface area contributed by atoms with Crippen molar-refractivity contribution in [2.75, 3.05) is 13.2 Å². The second-order valence-corrected chi connectivity index (χ2v) is 3.58. The van der Waals surface area contributed by atoms with Crippen LogP contribution in [-0.2, 0) is 4.74 Å². The summed E-state index contributed by atoms with van der Waals surface area (Å²) < 4.78 is 5.44. The maximum atomic E-state index is 8.54. The highest BCUT2D eigenvalue weighted by Gasteiger charge is 2.31. The van der Waals surface area contributed by atoms with Gasteiger partial charge in [0.1, 0.15) is 0 Å². The Morgan fingerprint density at radius 2 is 2.09 bits per heavy atom. The highest BCUT2D eigenvalue weighted by Crippen LogP contribution is 2.30. The van der Waals surface area contributed by atoms with Crippen LogP contribution in [0.4, 0.5) is 0 Å². The summed E-state index contributed by atoms with van der Waals surface area (Å²) in [5, 5.41) is 8.54. The van der Waals surface area contributed by atoms with Crippen LogP contribution < -0.4 is 0 Å². The number of unbranched alkanes of at least 4 members (excludes halogenated alkanes) is 2. The van der Waals surface area contributed by atoms with Gasteiger partial charge < -0.3 is 9.84 Å². The lowest BCUT2D eigenvalue weighted by Crippen LogP contribution is -2.40. The number of aliphatic hydroxyl groups is 1. The minimum absolute atomic E-state index is 0.190. The molecule has 2 heteroatoms. The lowest BCUT2D eigenvalue weighted by atomic mass is 9.91. The molecule has 0 spiro atoms. The van der Waals surface area contributed by atoms with Gasteiger partial charge >= 0.3 is 0 Å². The fraction of sp³-hybridized carbons (Fsp3) is 1.00. The quantitative estimate of drug-likeness (QED) is 0.617. The number of hydrogen-bond donors (Lipinski definition) is 1. The Morgan fingerprint density at radius 3 is 2.55 bits per heavy atom. The third kappa shape index (κ3) is 2.80. The zero-order valence-electron chi connectivity index (χ0n) is 7.31. The van der Waals surface area contributed by atoms with Gasteiger partial charge in [-0.05, 0) is 26.2 Å². The normalized spacial score (nSPS) is 30.0. The van der Waals surface area contributed by atoms with E-state index in [0.29, 0.717) is 6.61 Å². The molecule has 0 aromatic rings. The van der Waals surface area contributed by atoms with Crippen LogP contribution >= 0.6 is 0 Å². The van der Waals surface area contributed by atoms with Gasteiger partial charge in [0.15, 0.2) is 0 Å². The van der Waals surface area contributed by atoms with Crippen molar-refractivity contribution in [1.29, 1.82) is 0 Å². The van der Waals surface area contributed by atoms with Crippen LogP contribution in [0.3, 0.4) is 0 Å². The number of aliphatic hydroxyl groups excluding tert-OH is 1. The maximum absolute atomic E-state index is 8.54. The summed E-state index contributed by atoms with van der Waals surface area (Å²) in [6, 6.07) is 0. The molecular formula is C9H18O2. The second-order valence-electron chi connectivity index (χ2n) is 3.58. The van der Waals surface area contributed by atoms with Crippen molar-refractivity contribution >= 4 is 0 Å². The van der Waals surface area contributed by atoms with Crippen LogP contribution in [-0.4, -0.2) is 23.9 Å². The van der Waals surface area contributed by atoms with Gasteiger partial charge in [0.2, 0.25) is 0 Å². The summed E-state index contributed by atoms with van der Waals surface area (Å²) in [5.74, 6) is 0. The Labute approximate surface area is 68.6 Å². The van der Waals surface area contributed by atoms with Crippen LogP contribution in [0.5, 0.6) is 0 Å². The molecule has 1 unspecified atom stereocenters. The predicted octanol–water partition coefficient (Wildman–Crippen LogP) is 1.72. The van der Waals surface area contributed by atoms with Gasteiger partial charge in [0.25, 0.3) is 0 Å². The molecule has 1 heterocycles. The van der Waals surface area contributed by atoms with E-state index < -0.39 is 0 Å². The first-order chi connectivity index (χ1) is 5.27. The van der Waals surface area contributed by atoms with Crippen molar-refractivity contribution in [3.8, 4) is 0 Å². The Bertz CT molecular complexity index is 108. The first kappa shape index (κ1) is 9.01. The maximum Gasteiger partial charge on any atom is 0.0676 e. The summed E-state index contributed by atoms with van der Waals surface area (Å²) in [7, 11) is 0. The van der Waals surface area contributed by atoms with E-state index in [1.165, 1.54) is 12.8 Å². The van der Waals surface area contributed by atoms with Gasteiger partial charge in [-0.15, -0.1) is 0 Å². The fourth-order valence-corrected chi connectivity index (χ4v) is 1.44. The molecule has 0 aromatic heterocycles. The summed E-state index contributed by atoms with van der Waals surface area (Å²) in [5.41, 5.74) is 0.190. The molecule has 1 fully saturated rings. The van der Waals surface area contributed by atoms with Gasteiger partial charge in [-0.25, -0.2) is 0 Å². The van der Waals surface area contributed by atoms with Crippen LogP contribution in [0.2, 0.25) is 0 Å². The Hall–Kier alpha value is -0.0800. The van der Waals surface area contributed by atoms with E-state index in [0.717, 1.165) is 25.9 Å². The minimum Gasteiger partial charge on any atom is -0.396 e. The highest BCUT2D eigenvalue weighted by atomic mass is 16.5. The van der Waals surface area contributed by atoms with Crippen molar-refractivity contribution < 1.29 is 9.84 Å². The zero-order chi connectivity index (χ0) is 8.16. The summed E-state index contributed by atoms with van der Waals surface area (Å²) in [6.07, 6.45) is 5.64.